The van der Waals surface area contributed by atoms with Crippen molar-refractivity contribution in [3.8, 4) is 0 Å². The van der Waals surface area contributed by atoms with Gasteiger partial charge in [0.25, 0.3) is 0 Å². The summed E-state index contributed by atoms with van der Waals surface area (Å²) >= 11 is 3.16. The van der Waals surface area contributed by atoms with Crippen molar-refractivity contribution in [1.29, 1.82) is 0 Å². The van der Waals surface area contributed by atoms with Gasteiger partial charge in [-0.15, -0.1) is 0 Å². The van der Waals surface area contributed by atoms with Gasteiger partial charge in [0.05, 0.1) is 5.33 Å². The first-order chi connectivity index (χ1) is 6.33. The fourth-order valence-corrected chi connectivity index (χ4v) is 2.03. The number of carbonyl (C=O) groups excluding carboxylic acids is 1. The van der Waals surface area contributed by atoms with E-state index in [1.54, 1.807) is 0 Å². The van der Waals surface area contributed by atoms with Crippen molar-refractivity contribution in [2.24, 2.45) is 0 Å². The number of nitrogens with one attached hydrogen (secondary N) is 1. The van der Waals surface area contributed by atoms with Crippen LogP contribution in [0.4, 0.5) is 0 Å². The Hall–Kier alpha value is -0.0500. The molecule has 1 aliphatic rings. The molecule has 1 amide bonds. The van der Waals surface area contributed by atoms with E-state index in [2.05, 4.69) is 21.2 Å². The third-order valence-electron chi connectivity index (χ3n) is 2.59. The van der Waals surface area contributed by atoms with Crippen LogP contribution in [0.1, 0.15) is 44.9 Å². The highest BCUT2D eigenvalue weighted by molar-refractivity contribution is 9.09. The van der Waals surface area contributed by atoms with E-state index in [-0.39, 0.29) is 5.91 Å². The molecule has 1 saturated carbocycles. The van der Waals surface area contributed by atoms with Gasteiger partial charge < -0.3 is 5.32 Å². The molecular weight excluding hydrogens is 230 g/mol. The van der Waals surface area contributed by atoms with Crippen LogP contribution in [-0.4, -0.2) is 17.3 Å². The van der Waals surface area contributed by atoms with E-state index in [1.807, 2.05) is 0 Å². The van der Waals surface area contributed by atoms with Gasteiger partial charge in [-0.1, -0.05) is 48.0 Å². The first-order valence-corrected chi connectivity index (χ1v) is 6.30. The van der Waals surface area contributed by atoms with Gasteiger partial charge in [0, 0.05) is 6.04 Å². The van der Waals surface area contributed by atoms with Crippen LogP contribution in [0.3, 0.4) is 0 Å². The Bertz CT molecular complexity index is 153. The van der Waals surface area contributed by atoms with E-state index in [0.29, 0.717) is 11.4 Å². The maximum atomic E-state index is 11.1. The molecular formula is C10H18BrNO. The molecule has 0 unspecified atom stereocenters. The molecule has 13 heavy (non-hydrogen) atoms. The zero-order chi connectivity index (χ0) is 9.52. The molecule has 0 spiro atoms. The predicted molar refractivity (Wildman–Crippen MR) is 58.0 cm³/mol. The Morgan fingerprint density at radius 3 is 2.23 bits per heavy atom. The summed E-state index contributed by atoms with van der Waals surface area (Å²) in [5, 5.41) is 3.48. The molecule has 0 atom stereocenters. The van der Waals surface area contributed by atoms with Crippen molar-refractivity contribution in [2.75, 3.05) is 5.33 Å². The SMILES string of the molecule is O=C(CBr)NC1CCCCCCC1. The molecule has 0 aliphatic heterocycles. The molecule has 0 saturated heterocycles. The number of halogens is 1. The van der Waals surface area contributed by atoms with Crippen LogP contribution in [-0.2, 0) is 4.79 Å². The molecule has 0 bridgehead atoms. The molecule has 1 rings (SSSR count). The third kappa shape index (κ3) is 4.65. The fraction of sp³-hybridized carbons (Fsp3) is 0.900. The fourth-order valence-electron chi connectivity index (χ4n) is 1.87. The second-order valence-electron chi connectivity index (χ2n) is 3.74. The molecule has 0 aromatic carbocycles. The van der Waals surface area contributed by atoms with Gasteiger partial charge in [-0.05, 0) is 12.8 Å². The topological polar surface area (TPSA) is 29.1 Å². The van der Waals surface area contributed by atoms with Gasteiger partial charge in [0.1, 0.15) is 0 Å². The van der Waals surface area contributed by atoms with Crippen molar-refractivity contribution >= 4 is 21.8 Å². The van der Waals surface area contributed by atoms with E-state index in [9.17, 15) is 4.79 Å². The van der Waals surface area contributed by atoms with Crippen LogP contribution in [0.15, 0.2) is 0 Å². The molecule has 1 N–H and O–H groups in total. The minimum Gasteiger partial charge on any atom is -0.353 e. The van der Waals surface area contributed by atoms with Crippen LogP contribution in [0, 0.1) is 0 Å². The monoisotopic (exact) mass is 247 g/mol. The maximum Gasteiger partial charge on any atom is 0.230 e. The number of carbonyl (C=O) groups is 1. The summed E-state index contributed by atoms with van der Waals surface area (Å²) in [6, 6.07) is 0.436. The third-order valence-corrected chi connectivity index (χ3v) is 3.10. The van der Waals surface area contributed by atoms with Gasteiger partial charge >= 0.3 is 0 Å². The highest BCUT2D eigenvalue weighted by Crippen LogP contribution is 2.16. The van der Waals surface area contributed by atoms with Crippen molar-refractivity contribution in [3.05, 3.63) is 0 Å². The largest absolute Gasteiger partial charge is 0.353 e. The summed E-state index contributed by atoms with van der Waals surface area (Å²) in [6.45, 7) is 0. The standard InChI is InChI=1S/C10H18BrNO/c11-8-10(13)12-9-6-4-2-1-3-5-7-9/h9H,1-8H2,(H,12,13). The lowest BCUT2D eigenvalue weighted by Crippen LogP contribution is -2.35. The first-order valence-electron chi connectivity index (χ1n) is 5.18. The number of alkyl halides is 1. The van der Waals surface area contributed by atoms with Gasteiger partial charge in [-0.25, -0.2) is 0 Å². The molecule has 1 fully saturated rings. The predicted octanol–water partition coefficient (Wildman–Crippen LogP) is 2.61. The van der Waals surface area contributed by atoms with Crippen LogP contribution in [0.25, 0.3) is 0 Å². The lowest BCUT2D eigenvalue weighted by molar-refractivity contribution is -0.119. The van der Waals surface area contributed by atoms with Gasteiger partial charge in [0.15, 0.2) is 0 Å². The number of hydrogen-bond donors (Lipinski definition) is 1. The minimum absolute atomic E-state index is 0.130. The summed E-state index contributed by atoms with van der Waals surface area (Å²) in [4.78, 5) is 11.1. The summed E-state index contributed by atoms with van der Waals surface area (Å²) in [7, 11) is 0. The van der Waals surface area contributed by atoms with Crippen molar-refractivity contribution in [3.63, 3.8) is 0 Å². The Morgan fingerprint density at radius 2 is 1.69 bits per heavy atom. The lowest BCUT2D eigenvalue weighted by atomic mass is 9.97. The van der Waals surface area contributed by atoms with E-state index < -0.39 is 0 Å². The van der Waals surface area contributed by atoms with Gasteiger partial charge in [0.2, 0.25) is 5.91 Å². The van der Waals surface area contributed by atoms with Crippen LogP contribution < -0.4 is 5.32 Å². The lowest BCUT2D eigenvalue weighted by Gasteiger charge is -2.20. The molecule has 0 aromatic rings. The van der Waals surface area contributed by atoms with E-state index in [4.69, 9.17) is 0 Å². The highest BCUT2D eigenvalue weighted by Gasteiger charge is 2.12. The quantitative estimate of drug-likeness (QED) is 0.748. The van der Waals surface area contributed by atoms with Crippen molar-refractivity contribution in [2.45, 2.75) is 51.0 Å². The average Bonchev–Trinajstić information content (AvgIpc) is 2.09. The smallest absolute Gasteiger partial charge is 0.230 e. The molecule has 0 aromatic heterocycles. The summed E-state index contributed by atoms with van der Waals surface area (Å²) in [5.41, 5.74) is 0. The van der Waals surface area contributed by atoms with E-state index >= 15 is 0 Å². The molecule has 76 valence electrons. The van der Waals surface area contributed by atoms with Crippen molar-refractivity contribution in [1.82, 2.24) is 5.32 Å². The summed E-state index contributed by atoms with van der Waals surface area (Å²) in [6.07, 6.45) is 8.92. The average molecular weight is 248 g/mol. The molecule has 0 heterocycles. The van der Waals surface area contributed by atoms with Crippen LogP contribution >= 0.6 is 15.9 Å². The first kappa shape index (κ1) is 11.0. The molecule has 1 aliphatic carbocycles. The molecule has 2 nitrogen and oxygen atoms in total. The molecule has 3 heteroatoms. The maximum absolute atomic E-state index is 11.1. The second kappa shape index (κ2) is 6.41. The second-order valence-corrected chi connectivity index (χ2v) is 4.30. The number of rotatable bonds is 2. The zero-order valence-electron chi connectivity index (χ0n) is 8.02. The van der Waals surface area contributed by atoms with Crippen molar-refractivity contribution < 1.29 is 4.79 Å². The summed E-state index contributed by atoms with van der Waals surface area (Å²) < 4.78 is 0. The Labute approximate surface area is 88.6 Å². The van der Waals surface area contributed by atoms with E-state index in [1.165, 1.54) is 44.9 Å². The number of amides is 1. The minimum atomic E-state index is 0.130. The van der Waals surface area contributed by atoms with Crippen LogP contribution in [0.5, 0.6) is 0 Å². The highest BCUT2D eigenvalue weighted by atomic mass is 79.9. The Kier molecular flexibility index (Phi) is 5.44. The van der Waals surface area contributed by atoms with Gasteiger partial charge in [-0.2, -0.15) is 0 Å². The van der Waals surface area contributed by atoms with E-state index in [0.717, 1.165) is 0 Å². The summed E-state index contributed by atoms with van der Waals surface area (Å²) in [5.74, 6) is 0.130. The normalized spacial score (nSPS) is 20.4. The zero-order valence-corrected chi connectivity index (χ0v) is 9.61. The Balaban J connectivity index is 2.25. The number of hydrogen-bond acceptors (Lipinski definition) is 1. The van der Waals surface area contributed by atoms with Crippen LogP contribution in [0.2, 0.25) is 0 Å². The Morgan fingerprint density at radius 1 is 1.15 bits per heavy atom. The molecule has 0 radical (unpaired) electrons. The van der Waals surface area contributed by atoms with Gasteiger partial charge in [-0.3, -0.25) is 4.79 Å².